The molecular formula is C14H26O5. The molecule has 0 heterocycles. The van der Waals surface area contributed by atoms with E-state index in [0.29, 0.717) is 25.7 Å². The van der Waals surface area contributed by atoms with Crippen LogP contribution in [0.25, 0.3) is 0 Å². The van der Waals surface area contributed by atoms with Gasteiger partial charge in [0.15, 0.2) is 0 Å². The molecule has 0 rings (SSSR count). The second-order valence-corrected chi connectivity index (χ2v) is 4.52. The van der Waals surface area contributed by atoms with Crippen molar-refractivity contribution in [1.82, 2.24) is 0 Å². The maximum Gasteiger partial charge on any atom is 0.0805 e. The Hall–Kier alpha value is -0.720. The summed E-state index contributed by atoms with van der Waals surface area (Å²) in [4.78, 5) is 0. The molecule has 5 heteroatoms. The van der Waals surface area contributed by atoms with E-state index in [1.54, 1.807) is 24.3 Å². The van der Waals surface area contributed by atoms with E-state index in [-0.39, 0.29) is 13.2 Å². The third-order valence-electron chi connectivity index (χ3n) is 2.62. The molecule has 0 saturated heterocycles. The molecule has 0 radical (unpaired) electrons. The summed E-state index contributed by atoms with van der Waals surface area (Å²) in [6.45, 7) is -0.153. The Kier molecular flexibility index (Phi) is 11.9. The maximum absolute atomic E-state index is 9.56. The zero-order valence-electron chi connectivity index (χ0n) is 11.2. The van der Waals surface area contributed by atoms with Crippen molar-refractivity contribution in [2.75, 3.05) is 13.2 Å². The van der Waals surface area contributed by atoms with Crippen LogP contribution in [-0.2, 0) is 0 Å². The van der Waals surface area contributed by atoms with Crippen molar-refractivity contribution in [2.24, 2.45) is 0 Å². The predicted molar refractivity (Wildman–Crippen MR) is 73.6 cm³/mol. The van der Waals surface area contributed by atoms with Gasteiger partial charge in [-0.3, -0.25) is 0 Å². The third-order valence-corrected chi connectivity index (χ3v) is 2.62. The third kappa shape index (κ3) is 12.1. The molecule has 5 nitrogen and oxygen atoms in total. The van der Waals surface area contributed by atoms with Crippen molar-refractivity contribution in [2.45, 2.75) is 50.4 Å². The fourth-order valence-corrected chi connectivity index (χ4v) is 1.48. The summed E-state index contributed by atoms with van der Waals surface area (Å²) in [5.41, 5.74) is 0. The second kappa shape index (κ2) is 12.3. The first-order chi connectivity index (χ1) is 9.10. The molecule has 0 aliphatic heterocycles. The molecule has 112 valence electrons. The molecule has 0 amide bonds. The smallest absolute Gasteiger partial charge is 0.0805 e. The first-order valence-electron chi connectivity index (χ1n) is 6.69. The summed E-state index contributed by atoms with van der Waals surface area (Å²) in [6, 6.07) is 0. The van der Waals surface area contributed by atoms with E-state index in [1.807, 2.05) is 0 Å². The fraction of sp³-hybridized carbons (Fsp3) is 0.714. The molecule has 0 spiro atoms. The van der Waals surface area contributed by atoms with Gasteiger partial charge < -0.3 is 25.5 Å². The molecular weight excluding hydrogens is 248 g/mol. The maximum atomic E-state index is 9.56. The lowest BCUT2D eigenvalue weighted by Crippen LogP contribution is -2.10. The van der Waals surface area contributed by atoms with Crippen molar-refractivity contribution < 1.29 is 25.5 Å². The summed E-state index contributed by atoms with van der Waals surface area (Å²) >= 11 is 0. The Balaban J connectivity index is 3.73. The van der Waals surface area contributed by atoms with Gasteiger partial charge in [0.25, 0.3) is 0 Å². The molecule has 0 aromatic rings. The minimum absolute atomic E-state index is 0.139. The van der Waals surface area contributed by atoms with Crippen LogP contribution in [-0.4, -0.2) is 57.1 Å². The van der Waals surface area contributed by atoms with Crippen LogP contribution in [0.2, 0.25) is 0 Å². The van der Waals surface area contributed by atoms with Crippen LogP contribution in [0.1, 0.15) is 32.1 Å². The minimum Gasteiger partial charge on any atom is -0.396 e. The summed E-state index contributed by atoms with van der Waals surface area (Å²) in [5.74, 6) is 0. The second-order valence-electron chi connectivity index (χ2n) is 4.52. The van der Waals surface area contributed by atoms with E-state index in [0.717, 1.165) is 6.42 Å². The van der Waals surface area contributed by atoms with E-state index in [1.165, 1.54) is 0 Å². The van der Waals surface area contributed by atoms with Gasteiger partial charge in [0.05, 0.1) is 24.9 Å². The fourth-order valence-electron chi connectivity index (χ4n) is 1.48. The molecule has 19 heavy (non-hydrogen) atoms. The van der Waals surface area contributed by atoms with E-state index in [4.69, 9.17) is 15.3 Å². The Morgan fingerprint density at radius 3 is 2.05 bits per heavy atom. The highest BCUT2D eigenvalue weighted by Gasteiger charge is 2.01. The van der Waals surface area contributed by atoms with Gasteiger partial charge in [-0.1, -0.05) is 24.3 Å². The van der Waals surface area contributed by atoms with Gasteiger partial charge in [-0.25, -0.2) is 0 Å². The SMILES string of the molecule is OCCCC[C@@H](O)/C=C/C[C@H](O)/C=C/C[C@@H](O)CO. The number of aliphatic hydroxyl groups excluding tert-OH is 5. The molecule has 0 fully saturated rings. The van der Waals surface area contributed by atoms with Gasteiger partial charge in [0, 0.05) is 6.61 Å². The molecule has 0 aliphatic rings. The van der Waals surface area contributed by atoms with Crippen LogP contribution < -0.4 is 0 Å². The number of hydrogen-bond donors (Lipinski definition) is 5. The van der Waals surface area contributed by atoms with Crippen LogP contribution >= 0.6 is 0 Å². The number of rotatable bonds is 11. The van der Waals surface area contributed by atoms with Gasteiger partial charge in [0.2, 0.25) is 0 Å². The molecule has 0 bridgehead atoms. The zero-order valence-corrected chi connectivity index (χ0v) is 11.2. The highest BCUT2D eigenvalue weighted by Crippen LogP contribution is 2.04. The summed E-state index contributed by atoms with van der Waals surface area (Å²) in [5, 5.41) is 45.4. The van der Waals surface area contributed by atoms with Gasteiger partial charge in [-0.2, -0.15) is 0 Å². The van der Waals surface area contributed by atoms with Crippen LogP contribution in [0.15, 0.2) is 24.3 Å². The highest BCUT2D eigenvalue weighted by atomic mass is 16.3. The Labute approximate surface area is 114 Å². The van der Waals surface area contributed by atoms with Crippen molar-refractivity contribution in [1.29, 1.82) is 0 Å². The van der Waals surface area contributed by atoms with Crippen molar-refractivity contribution in [3.05, 3.63) is 24.3 Å². The monoisotopic (exact) mass is 274 g/mol. The Morgan fingerprint density at radius 2 is 1.42 bits per heavy atom. The lowest BCUT2D eigenvalue weighted by molar-refractivity contribution is 0.0973. The normalized spacial score (nSPS) is 17.1. The molecule has 0 unspecified atom stereocenters. The minimum atomic E-state index is -0.785. The zero-order chi connectivity index (χ0) is 14.5. The average molecular weight is 274 g/mol. The van der Waals surface area contributed by atoms with Gasteiger partial charge in [-0.05, 0) is 32.1 Å². The summed E-state index contributed by atoms with van der Waals surface area (Å²) < 4.78 is 0. The van der Waals surface area contributed by atoms with Crippen LogP contribution in [0.4, 0.5) is 0 Å². The van der Waals surface area contributed by atoms with Crippen LogP contribution in [0.5, 0.6) is 0 Å². The average Bonchev–Trinajstić information content (AvgIpc) is 2.38. The molecule has 0 aliphatic carbocycles. The van der Waals surface area contributed by atoms with Gasteiger partial charge in [0.1, 0.15) is 0 Å². The van der Waals surface area contributed by atoms with Crippen LogP contribution in [0, 0.1) is 0 Å². The van der Waals surface area contributed by atoms with Crippen molar-refractivity contribution >= 4 is 0 Å². The Bertz CT molecular complexity index is 252. The number of unbranched alkanes of at least 4 members (excludes halogenated alkanes) is 1. The van der Waals surface area contributed by atoms with Gasteiger partial charge >= 0.3 is 0 Å². The topological polar surface area (TPSA) is 101 Å². The van der Waals surface area contributed by atoms with Crippen LogP contribution in [0.3, 0.4) is 0 Å². The number of hydrogen-bond acceptors (Lipinski definition) is 5. The van der Waals surface area contributed by atoms with E-state index >= 15 is 0 Å². The molecule has 3 atom stereocenters. The lowest BCUT2D eigenvalue weighted by atomic mass is 10.1. The molecule has 5 N–H and O–H groups in total. The van der Waals surface area contributed by atoms with Gasteiger partial charge in [-0.15, -0.1) is 0 Å². The van der Waals surface area contributed by atoms with Crippen molar-refractivity contribution in [3.63, 3.8) is 0 Å². The summed E-state index contributed by atoms with van der Waals surface area (Å²) in [7, 11) is 0. The largest absolute Gasteiger partial charge is 0.396 e. The quantitative estimate of drug-likeness (QED) is 0.272. The lowest BCUT2D eigenvalue weighted by Gasteiger charge is -2.06. The van der Waals surface area contributed by atoms with Crippen molar-refractivity contribution in [3.8, 4) is 0 Å². The van der Waals surface area contributed by atoms with E-state index in [9.17, 15) is 10.2 Å². The highest BCUT2D eigenvalue weighted by molar-refractivity contribution is 4.97. The number of aliphatic hydroxyl groups is 5. The van der Waals surface area contributed by atoms with E-state index < -0.39 is 18.3 Å². The first kappa shape index (κ1) is 18.3. The molecule has 0 aromatic carbocycles. The summed E-state index contributed by atoms with van der Waals surface area (Å²) in [6.07, 6.45) is 7.29. The Morgan fingerprint density at radius 1 is 0.789 bits per heavy atom. The standard InChI is InChI=1S/C14H26O5/c15-10-2-1-5-12(17)6-3-7-13(18)8-4-9-14(19)11-16/h3-4,6,8,12-19H,1-2,5,7,9-11H2/b6-3+,8-4+/t12-,13+,14-/m1/s1. The predicted octanol–water partition coefficient (Wildman–Crippen LogP) is 0.117. The molecule has 0 aromatic heterocycles. The first-order valence-corrected chi connectivity index (χ1v) is 6.69. The molecule has 0 saturated carbocycles. The van der Waals surface area contributed by atoms with E-state index in [2.05, 4.69) is 0 Å².